The summed E-state index contributed by atoms with van der Waals surface area (Å²) in [7, 11) is -1.17. The topological polar surface area (TPSA) is 74.7 Å². The van der Waals surface area contributed by atoms with Gasteiger partial charge in [0.2, 0.25) is 0 Å². The Morgan fingerprint density at radius 3 is 2.65 bits per heavy atom. The van der Waals surface area contributed by atoms with Crippen molar-refractivity contribution in [2.75, 3.05) is 27.7 Å². The van der Waals surface area contributed by atoms with Crippen LogP contribution in [0.2, 0.25) is 0 Å². The molecule has 0 saturated carbocycles. The zero-order chi connectivity index (χ0) is 23.0. The lowest BCUT2D eigenvalue weighted by molar-refractivity contribution is -0.141. The molecule has 0 unspecified atom stereocenters. The minimum atomic E-state index is -4.79. The zero-order valence-corrected chi connectivity index (χ0v) is 19.4. The van der Waals surface area contributed by atoms with Gasteiger partial charge in [0.25, 0.3) is 5.91 Å². The van der Waals surface area contributed by atoms with Gasteiger partial charge in [-0.05, 0) is 56.1 Å². The number of hydrogen-bond acceptors (Lipinski definition) is 5. The second-order valence-electron chi connectivity index (χ2n) is 7.57. The predicted molar refractivity (Wildman–Crippen MR) is 122 cm³/mol. The summed E-state index contributed by atoms with van der Waals surface area (Å²) in [6, 6.07) is 7.30. The van der Waals surface area contributed by atoms with Crippen LogP contribution in [0.4, 0.5) is 24.7 Å². The SMILES string of the molecule is CCN(CCI)c1ccc(C(=O)Nc2ccc3c(c2)B(O)OC3(C)C)c(C(F)(F)F)n1. The maximum Gasteiger partial charge on any atom is 0.492 e. The molecule has 0 bridgehead atoms. The quantitative estimate of drug-likeness (QED) is 0.329. The summed E-state index contributed by atoms with van der Waals surface area (Å²) in [4.78, 5) is 18.2. The highest BCUT2D eigenvalue weighted by molar-refractivity contribution is 14.1. The number of anilines is 2. The lowest BCUT2D eigenvalue weighted by atomic mass is 9.78. The van der Waals surface area contributed by atoms with Crippen LogP contribution >= 0.6 is 22.6 Å². The molecule has 0 aliphatic carbocycles. The summed E-state index contributed by atoms with van der Waals surface area (Å²) in [5.41, 5.74) is -1.05. The number of carbonyl (C=O) groups excluding carboxylic acids is 1. The second kappa shape index (κ2) is 8.95. The van der Waals surface area contributed by atoms with Crippen LogP contribution in [0.3, 0.4) is 0 Å². The van der Waals surface area contributed by atoms with Crippen LogP contribution < -0.4 is 15.7 Å². The van der Waals surface area contributed by atoms with Gasteiger partial charge in [-0.2, -0.15) is 13.2 Å². The van der Waals surface area contributed by atoms with Gasteiger partial charge in [-0.25, -0.2) is 4.98 Å². The van der Waals surface area contributed by atoms with E-state index in [1.807, 2.05) is 6.92 Å². The van der Waals surface area contributed by atoms with Gasteiger partial charge in [-0.15, -0.1) is 0 Å². The third-order valence-electron chi connectivity index (χ3n) is 5.08. The standard InChI is InChI=1S/C20H22BF3IN3O3/c1-4-28(10-9-25)16-8-6-13(17(27-16)20(22,23)24)18(29)26-12-5-7-14-15(11-12)21(30)31-19(14,2)3/h5-8,11,30H,4,9-10H2,1-3H3,(H,26,29). The predicted octanol–water partition coefficient (Wildman–Crippen LogP) is 3.57. The number of hydrogen-bond donors (Lipinski definition) is 2. The second-order valence-corrected chi connectivity index (χ2v) is 8.65. The summed E-state index contributed by atoms with van der Waals surface area (Å²) >= 11 is 2.14. The van der Waals surface area contributed by atoms with Crippen LogP contribution in [-0.4, -0.2) is 40.6 Å². The Kier molecular flexibility index (Phi) is 6.87. The van der Waals surface area contributed by atoms with E-state index in [1.165, 1.54) is 12.1 Å². The van der Waals surface area contributed by atoms with E-state index in [9.17, 15) is 23.0 Å². The van der Waals surface area contributed by atoms with Gasteiger partial charge in [0.15, 0.2) is 5.69 Å². The Labute approximate surface area is 192 Å². The summed E-state index contributed by atoms with van der Waals surface area (Å²) < 4.78 is 47.3. The number of halogens is 4. The average Bonchev–Trinajstić information content (AvgIpc) is 2.93. The number of rotatable bonds is 6. The first-order chi connectivity index (χ1) is 14.5. The molecule has 31 heavy (non-hydrogen) atoms. The summed E-state index contributed by atoms with van der Waals surface area (Å²) in [5, 5.41) is 12.6. The van der Waals surface area contributed by atoms with E-state index in [-0.39, 0.29) is 11.5 Å². The van der Waals surface area contributed by atoms with Crippen LogP contribution in [-0.2, 0) is 16.4 Å². The first-order valence-electron chi connectivity index (χ1n) is 9.68. The van der Waals surface area contributed by atoms with Gasteiger partial charge in [0, 0.05) is 23.2 Å². The van der Waals surface area contributed by atoms with Crippen molar-refractivity contribution in [3.8, 4) is 0 Å². The Morgan fingerprint density at radius 1 is 1.32 bits per heavy atom. The van der Waals surface area contributed by atoms with Crippen LogP contribution in [0.25, 0.3) is 0 Å². The monoisotopic (exact) mass is 547 g/mol. The van der Waals surface area contributed by atoms with E-state index in [0.717, 1.165) is 16.1 Å². The molecule has 0 fully saturated rings. The molecule has 11 heteroatoms. The van der Waals surface area contributed by atoms with E-state index in [0.29, 0.717) is 18.6 Å². The number of nitrogens with one attached hydrogen (secondary N) is 1. The van der Waals surface area contributed by atoms with Crippen LogP contribution in [0.5, 0.6) is 0 Å². The molecule has 6 nitrogen and oxygen atoms in total. The van der Waals surface area contributed by atoms with E-state index < -0.39 is 36.1 Å². The summed E-state index contributed by atoms with van der Waals surface area (Å²) in [6.07, 6.45) is -4.79. The van der Waals surface area contributed by atoms with Crippen LogP contribution in [0.1, 0.15) is 42.4 Å². The van der Waals surface area contributed by atoms with Crippen molar-refractivity contribution in [2.24, 2.45) is 0 Å². The molecule has 1 aromatic heterocycles. The number of pyridine rings is 1. The van der Waals surface area contributed by atoms with E-state index in [4.69, 9.17) is 4.65 Å². The average molecular weight is 547 g/mol. The van der Waals surface area contributed by atoms with E-state index in [1.54, 1.807) is 30.9 Å². The third kappa shape index (κ3) is 4.98. The van der Waals surface area contributed by atoms with Crippen LogP contribution in [0, 0.1) is 0 Å². The molecule has 1 aliphatic heterocycles. The smallest absolute Gasteiger partial charge is 0.423 e. The summed E-state index contributed by atoms with van der Waals surface area (Å²) in [5.74, 6) is -0.765. The lowest BCUT2D eigenvalue weighted by Crippen LogP contribution is -2.29. The van der Waals surface area contributed by atoms with Crippen molar-refractivity contribution < 1.29 is 27.6 Å². The normalized spacial score (nSPS) is 15.0. The molecule has 1 aliphatic rings. The number of nitrogens with zero attached hydrogens (tertiary/aromatic N) is 2. The molecule has 0 atom stereocenters. The van der Waals surface area contributed by atoms with Crippen molar-refractivity contribution >= 4 is 52.6 Å². The minimum absolute atomic E-state index is 0.170. The van der Waals surface area contributed by atoms with Crippen molar-refractivity contribution in [3.05, 3.63) is 47.2 Å². The highest BCUT2D eigenvalue weighted by Gasteiger charge is 2.41. The van der Waals surface area contributed by atoms with Crippen molar-refractivity contribution in [3.63, 3.8) is 0 Å². The highest BCUT2D eigenvalue weighted by Crippen LogP contribution is 2.33. The summed E-state index contributed by atoms with van der Waals surface area (Å²) in [6.45, 7) is 6.45. The Morgan fingerprint density at radius 2 is 2.03 bits per heavy atom. The molecule has 0 saturated heterocycles. The largest absolute Gasteiger partial charge is 0.492 e. The number of carbonyl (C=O) groups is 1. The number of benzene rings is 1. The lowest BCUT2D eigenvalue weighted by Gasteiger charge is -2.23. The maximum absolute atomic E-state index is 13.7. The molecule has 2 heterocycles. The van der Waals surface area contributed by atoms with Gasteiger partial charge in [0.05, 0.1) is 11.2 Å². The third-order valence-corrected chi connectivity index (χ3v) is 5.57. The molecule has 166 valence electrons. The first-order valence-corrected chi connectivity index (χ1v) is 11.2. The molecule has 3 rings (SSSR count). The Balaban J connectivity index is 1.92. The molecule has 1 amide bonds. The van der Waals surface area contributed by atoms with Crippen molar-refractivity contribution in [1.82, 2.24) is 4.98 Å². The van der Waals surface area contributed by atoms with Crippen molar-refractivity contribution in [2.45, 2.75) is 32.5 Å². The van der Waals surface area contributed by atoms with E-state index >= 15 is 0 Å². The number of fused-ring (bicyclic) bond motifs is 1. The van der Waals surface area contributed by atoms with Gasteiger partial charge >= 0.3 is 13.3 Å². The molecule has 0 spiro atoms. The Bertz CT molecular complexity index is 988. The maximum atomic E-state index is 13.7. The van der Waals surface area contributed by atoms with Crippen LogP contribution in [0.15, 0.2) is 30.3 Å². The number of amides is 1. The fraction of sp³-hybridized carbons (Fsp3) is 0.400. The molecular formula is C20H22BF3IN3O3. The fourth-order valence-corrected chi connectivity index (χ4v) is 4.14. The number of alkyl halides is 4. The highest BCUT2D eigenvalue weighted by atomic mass is 127. The molecule has 1 aromatic carbocycles. The molecule has 0 radical (unpaired) electrons. The van der Waals surface area contributed by atoms with Crippen molar-refractivity contribution in [1.29, 1.82) is 0 Å². The fourth-order valence-electron chi connectivity index (χ4n) is 3.56. The van der Waals surface area contributed by atoms with Gasteiger partial charge in [-0.3, -0.25) is 4.79 Å². The first kappa shape index (κ1) is 23.8. The molecule has 2 aromatic rings. The van der Waals surface area contributed by atoms with Gasteiger partial charge < -0.3 is 19.9 Å². The molecule has 2 N–H and O–H groups in total. The van der Waals surface area contributed by atoms with Gasteiger partial charge in [-0.1, -0.05) is 28.7 Å². The molecular weight excluding hydrogens is 525 g/mol. The number of aromatic nitrogens is 1. The minimum Gasteiger partial charge on any atom is -0.423 e. The van der Waals surface area contributed by atoms with E-state index in [2.05, 4.69) is 32.9 Å². The zero-order valence-electron chi connectivity index (χ0n) is 17.3. The van der Waals surface area contributed by atoms with Gasteiger partial charge in [0.1, 0.15) is 5.82 Å². The Hall–Kier alpha value is -1.86.